The summed E-state index contributed by atoms with van der Waals surface area (Å²) in [6.07, 6.45) is 1.71. The van der Waals surface area contributed by atoms with Gasteiger partial charge in [-0.2, -0.15) is 0 Å². The van der Waals surface area contributed by atoms with Crippen LogP contribution in [0.3, 0.4) is 0 Å². The van der Waals surface area contributed by atoms with Crippen molar-refractivity contribution in [2.45, 2.75) is 51.4 Å². The van der Waals surface area contributed by atoms with Gasteiger partial charge in [0.1, 0.15) is 0 Å². The summed E-state index contributed by atoms with van der Waals surface area (Å²) in [5, 5.41) is 12.6. The molecule has 0 bridgehead atoms. The minimum absolute atomic E-state index is 0.0349. The Morgan fingerprint density at radius 2 is 2.04 bits per heavy atom. The summed E-state index contributed by atoms with van der Waals surface area (Å²) < 4.78 is 3.52. The highest BCUT2D eigenvalue weighted by Crippen LogP contribution is 2.21. The van der Waals surface area contributed by atoms with Gasteiger partial charge in [-0.25, -0.2) is 0 Å². The number of fused-ring (bicyclic) bond motifs is 3. The van der Waals surface area contributed by atoms with E-state index in [4.69, 9.17) is 0 Å². The fraction of sp³-hybridized carbons (Fsp3) is 0.444. The van der Waals surface area contributed by atoms with Crippen molar-refractivity contribution in [1.29, 1.82) is 0 Å². The van der Waals surface area contributed by atoms with Crippen LogP contribution in [0.15, 0.2) is 34.2 Å². The second-order valence-electron chi connectivity index (χ2n) is 6.26. The number of amides is 1. The zero-order valence-electron chi connectivity index (χ0n) is 15.2. The number of rotatable bonds is 7. The topological polar surface area (TPSA) is 81.3 Å². The predicted molar refractivity (Wildman–Crippen MR) is 104 cm³/mol. The quantitative estimate of drug-likeness (QED) is 0.644. The van der Waals surface area contributed by atoms with Crippen molar-refractivity contribution in [2.24, 2.45) is 0 Å². The van der Waals surface area contributed by atoms with E-state index >= 15 is 0 Å². The van der Waals surface area contributed by atoms with E-state index in [1.807, 2.05) is 49.4 Å². The molecule has 0 saturated carbocycles. The number of para-hydroxylation sites is 1. The van der Waals surface area contributed by atoms with Crippen LogP contribution in [0.25, 0.3) is 16.7 Å². The first kappa shape index (κ1) is 18.4. The van der Waals surface area contributed by atoms with Crippen LogP contribution in [0, 0.1) is 0 Å². The van der Waals surface area contributed by atoms with Crippen molar-refractivity contribution in [3.05, 3.63) is 34.6 Å². The number of aromatic nitrogens is 4. The zero-order valence-corrected chi connectivity index (χ0v) is 16.0. The number of nitrogens with zero attached hydrogens (tertiary/aromatic N) is 4. The Kier molecular flexibility index (Phi) is 5.61. The maximum atomic E-state index is 12.8. The zero-order chi connectivity index (χ0) is 18.7. The van der Waals surface area contributed by atoms with Crippen LogP contribution in [-0.4, -0.2) is 36.9 Å². The van der Waals surface area contributed by atoms with Gasteiger partial charge in [-0.1, -0.05) is 37.7 Å². The Labute approximate surface area is 155 Å². The fourth-order valence-electron chi connectivity index (χ4n) is 2.80. The molecule has 1 N–H and O–H groups in total. The standard InChI is InChI=1S/C18H23N5O2S/c1-4-10-22-16(25)13-8-6-7-9-14(13)23-17(22)20-21-18(23)26-11-15(24)19-12(3)5-2/h6-9,12H,4-5,10-11H2,1-3H3,(H,19,24)/t12-/m1/s1. The van der Waals surface area contributed by atoms with Crippen LogP contribution < -0.4 is 10.9 Å². The van der Waals surface area contributed by atoms with E-state index in [0.29, 0.717) is 22.9 Å². The normalized spacial score (nSPS) is 12.6. The first-order valence-electron chi connectivity index (χ1n) is 8.85. The van der Waals surface area contributed by atoms with Crippen LogP contribution in [-0.2, 0) is 11.3 Å². The number of carbonyl (C=O) groups is 1. The molecule has 138 valence electrons. The first-order chi connectivity index (χ1) is 12.6. The molecule has 7 nitrogen and oxygen atoms in total. The van der Waals surface area contributed by atoms with Gasteiger partial charge in [-0.05, 0) is 31.9 Å². The molecule has 0 unspecified atom stereocenters. The van der Waals surface area contributed by atoms with Crippen molar-refractivity contribution >= 4 is 34.3 Å². The molecular formula is C18H23N5O2S. The van der Waals surface area contributed by atoms with E-state index in [1.165, 1.54) is 11.8 Å². The van der Waals surface area contributed by atoms with Crippen molar-refractivity contribution < 1.29 is 4.79 Å². The highest BCUT2D eigenvalue weighted by molar-refractivity contribution is 7.99. The Bertz CT molecular complexity index is 994. The molecule has 1 atom stereocenters. The van der Waals surface area contributed by atoms with Crippen molar-refractivity contribution in [2.75, 3.05) is 5.75 Å². The molecule has 2 heterocycles. The third kappa shape index (κ3) is 3.46. The minimum atomic E-state index is -0.0617. The summed E-state index contributed by atoms with van der Waals surface area (Å²) in [6, 6.07) is 7.58. The lowest BCUT2D eigenvalue weighted by atomic mass is 10.2. The average Bonchev–Trinajstić information content (AvgIpc) is 3.07. The highest BCUT2D eigenvalue weighted by Gasteiger charge is 2.17. The largest absolute Gasteiger partial charge is 0.353 e. The van der Waals surface area contributed by atoms with Gasteiger partial charge in [0.25, 0.3) is 5.56 Å². The van der Waals surface area contributed by atoms with Gasteiger partial charge in [0.05, 0.1) is 16.7 Å². The van der Waals surface area contributed by atoms with Crippen LogP contribution in [0.5, 0.6) is 0 Å². The maximum absolute atomic E-state index is 12.8. The number of hydrogen-bond donors (Lipinski definition) is 1. The molecule has 26 heavy (non-hydrogen) atoms. The van der Waals surface area contributed by atoms with E-state index in [2.05, 4.69) is 15.5 Å². The van der Waals surface area contributed by atoms with Crippen LogP contribution in [0.1, 0.15) is 33.6 Å². The summed E-state index contributed by atoms with van der Waals surface area (Å²) in [5.74, 6) is 0.736. The molecule has 0 spiro atoms. The summed E-state index contributed by atoms with van der Waals surface area (Å²) in [5.41, 5.74) is 0.697. The molecule has 0 fully saturated rings. The second kappa shape index (κ2) is 7.90. The van der Waals surface area contributed by atoms with Crippen LogP contribution in [0.2, 0.25) is 0 Å². The van der Waals surface area contributed by atoms with Gasteiger partial charge < -0.3 is 5.32 Å². The van der Waals surface area contributed by atoms with Gasteiger partial charge in [-0.3, -0.25) is 18.6 Å². The predicted octanol–water partition coefficient (Wildman–Crippen LogP) is 2.46. The maximum Gasteiger partial charge on any atom is 0.262 e. The molecule has 0 aliphatic carbocycles. The van der Waals surface area contributed by atoms with E-state index < -0.39 is 0 Å². The number of thioether (sulfide) groups is 1. The smallest absolute Gasteiger partial charge is 0.262 e. The number of benzene rings is 1. The summed E-state index contributed by atoms with van der Waals surface area (Å²) in [7, 11) is 0. The van der Waals surface area contributed by atoms with E-state index in [1.54, 1.807) is 4.57 Å². The van der Waals surface area contributed by atoms with Gasteiger partial charge >= 0.3 is 0 Å². The summed E-state index contributed by atoms with van der Waals surface area (Å²) in [4.78, 5) is 24.9. The highest BCUT2D eigenvalue weighted by atomic mass is 32.2. The van der Waals surface area contributed by atoms with Crippen LogP contribution >= 0.6 is 11.8 Å². The van der Waals surface area contributed by atoms with E-state index in [-0.39, 0.29) is 23.3 Å². The van der Waals surface area contributed by atoms with Crippen molar-refractivity contribution in [1.82, 2.24) is 24.5 Å². The molecule has 0 saturated heterocycles. The molecular weight excluding hydrogens is 350 g/mol. The number of aryl methyl sites for hydroxylation is 1. The third-order valence-corrected chi connectivity index (χ3v) is 5.21. The molecule has 0 aliphatic heterocycles. The third-order valence-electron chi connectivity index (χ3n) is 4.28. The molecule has 3 rings (SSSR count). The minimum Gasteiger partial charge on any atom is -0.353 e. The number of hydrogen-bond acceptors (Lipinski definition) is 5. The SMILES string of the molecule is CCCn1c(=O)c2ccccc2n2c(SCC(=O)N[C@H](C)CC)nnc12. The molecule has 0 aliphatic rings. The van der Waals surface area contributed by atoms with Crippen molar-refractivity contribution in [3.8, 4) is 0 Å². The van der Waals surface area contributed by atoms with Gasteiger partial charge in [0, 0.05) is 12.6 Å². The molecule has 2 aromatic heterocycles. The lowest BCUT2D eigenvalue weighted by Crippen LogP contribution is -2.33. The van der Waals surface area contributed by atoms with Gasteiger partial charge in [0.15, 0.2) is 5.16 Å². The average molecular weight is 373 g/mol. The monoisotopic (exact) mass is 373 g/mol. The molecule has 1 amide bonds. The van der Waals surface area contributed by atoms with Crippen molar-refractivity contribution in [3.63, 3.8) is 0 Å². The summed E-state index contributed by atoms with van der Waals surface area (Å²) >= 11 is 1.33. The Morgan fingerprint density at radius 1 is 1.27 bits per heavy atom. The molecule has 8 heteroatoms. The number of carbonyl (C=O) groups excluding carboxylic acids is 1. The van der Waals surface area contributed by atoms with Crippen LogP contribution in [0.4, 0.5) is 0 Å². The second-order valence-corrected chi connectivity index (χ2v) is 7.20. The Morgan fingerprint density at radius 3 is 2.77 bits per heavy atom. The van der Waals surface area contributed by atoms with E-state index in [0.717, 1.165) is 18.4 Å². The Hall–Kier alpha value is -2.35. The van der Waals surface area contributed by atoms with Gasteiger partial charge in [0.2, 0.25) is 11.7 Å². The fourth-order valence-corrected chi connectivity index (χ4v) is 3.55. The lowest BCUT2D eigenvalue weighted by Gasteiger charge is -2.11. The molecule has 3 aromatic rings. The summed E-state index contributed by atoms with van der Waals surface area (Å²) in [6.45, 7) is 6.60. The molecule has 0 radical (unpaired) electrons. The number of nitrogens with one attached hydrogen (secondary N) is 1. The first-order valence-corrected chi connectivity index (χ1v) is 9.84. The Balaban J connectivity index is 2.03. The van der Waals surface area contributed by atoms with Gasteiger partial charge in [-0.15, -0.1) is 10.2 Å². The lowest BCUT2D eigenvalue weighted by molar-refractivity contribution is -0.119. The van der Waals surface area contributed by atoms with E-state index in [9.17, 15) is 9.59 Å². The molecule has 1 aromatic carbocycles.